The summed E-state index contributed by atoms with van der Waals surface area (Å²) in [5, 5.41) is 24.0. The summed E-state index contributed by atoms with van der Waals surface area (Å²) < 4.78 is 5.41. The minimum absolute atomic E-state index is 0.0122. The molecule has 2 aromatic rings. The van der Waals surface area contributed by atoms with Crippen LogP contribution in [-0.4, -0.2) is 22.5 Å². The van der Waals surface area contributed by atoms with Crippen molar-refractivity contribution in [1.82, 2.24) is 5.32 Å². The molecule has 1 atom stereocenters. The maximum Gasteiger partial charge on any atom is 0.272 e. The molecule has 7 nitrogen and oxygen atoms in total. The third kappa shape index (κ3) is 3.62. The molecule has 0 radical (unpaired) electrons. The SMILES string of the molecule is Cc1cc([C@@](C)(O)CNC(=O)c2ccc([N+](=O)[O-])c(C)c2)c(C)o1. The molecule has 2 N–H and O–H groups in total. The first kappa shape index (κ1) is 17.7. The maximum absolute atomic E-state index is 12.2. The van der Waals surface area contributed by atoms with Gasteiger partial charge < -0.3 is 14.8 Å². The second-order valence-electron chi connectivity index (χ2n) is 6.04. The van der Waals surface area contributed by atoms with Crippen LogP contribution in [0.3, 0.4) is 0 Å². The van der Waals surface area contributed by atoms with Crippen molar-refractivity contribution in [1.29, 1.82) is 0 Å². The molecule has 1 amide bonds. The molecule has 1 aromatic carbocycles. The summed E-state index contributed by atoms with van der Waals surface area (Å²) in [6.07, 6.45) is 0. The van der Waals surface area contributed by atoms with Gasteiger partial charge in [0, 0.05) is 22.8 Å². The second-order valence-corrected chi connectivity index (χ2v) is 6.04. The molecule has 7 heteroatoms. The summed E-state index contributed by atoms with van der Waals surface area (Å²) >= 11 is 0. The van der Waals surface area contributed by atoms with Gasteiger partial charge >= 0.3 is 0 Å². The van der Waals surface area contributed by atoms with Crippen LogP contribution in [-0.2, 0) is 5.60 Å². The molecule has 0 bridgehead atoms. The number of amides is 1. The van der Waals surface area contributed by atoms with Crippen molar-refractivity contribution in [3.63, 3.8) is 0 Å². The number of benzene rings is 1. The van der Waals surface area contributed by atoms with Crippen molar-refractivity contribution in [2.45, 2.75) is 33.3 Å². The normalized spacial score (nSPS) is 13.4. The number of carbonyl (C=O) groups is 1. The zero-order valence-corrected chi connectivity index (χ0v) is 14.0. The van der Waals surface area contributed by atoms with Gasteiger partial charge in [-0.25, -0.2) is 0 Å². The number of nitro groups is 1. The standard InChI is InChI=1S/C17H20N2O5/c1-10-7-13(5-6-15(10)19(22)23)16(20)18-9-17(4,21)14-8-11(2)24-12(14)3/h5-8,21H,9H2,1-4H3,(H,18,20)/t17-/m0/s1. The van der Waals surface area contributed by atoms with Crippen LogP contribution in [0.2, 0.25) is 0 Å². The number of hydrogen-bond acceptors (Lipinski definition) is 5. The lowest BCUT2D eigenvalue weighted by molar-refractivity contribution is -0.385. The fourth-order valence-electron chi connectivity index (χ4n) is 2.62. The molecular formula is C17H20N2O5. The minimum Gasteiger partial charge on any atom is -0.466 e. The first-order valence-electron chi connectivity index (χ1n) is 7.45. The van der Waals surface area contributed by atoms with E-state index in [1.165, 1.54) is 18.2 Å². The van der Waals surface area contributed by atoms with Gasteiger partial charge in [-0.15, -0.1) is 0 Å². The van der Waals surface area contributed by atoms with Gasteiger partial charge in [0.1, 0.15) is 17.1 Å². The Bertz CT molecular complexity index is 792. The minimum atomic E-state index is -1.28. The Labute approximate surface area is 139 Å². The van der Waals surface area contributed by atoms with Crippen LogP contribution >= 0.6 is 0 Å². The lowest BCUT2D eigenvalue weighted by Crippen LogP contribution is -2.38. The van der Waals surface area contributed by atoms with Crippen LogP contribution in [0.1, 0.15) is 39.9 Å². The van der Waals surface area contributed by atoms with E-state index >= 15 is 0 Å². The highest BCUT2D eigenvalue weighted by Gasteiger charge is 2.28. The molecular weight excluding hydrogens is 312 g/mol. The van der Waals surface area contributed by atoms with E-state index in [2.05, 4.69) is 5.32 Å². The predicted octanol–water partition coefficient (Wildman–Crippen LogP) is 2.75. The quantitative estimate of drug-likeness (QED) is 0.647. The smallest absolute Gasteiger partial charge is 0.272 e. The van der Waals surface area contributed by atoms with Gasteiger partial charge in [0.25, 0.3) is 11.6 Å². The lowest BCUT2D eigenvalue weighted by Gasteiger charge is -2.23. The summed E-state index contributed by atoms with van der Waals surface area (Å²) in [7, 11) is 0. The van der Waals surface area contributed by atoms with Crippen LogP contribution in [0.25, 0.3) is 0 Å². The number of rotatable bonds is 5. The number of aliphatic hydroxyl groups is 1. The van der Waals surface area contributed by atoms with E-state index in [1.54, 1.807) is 33.8 Å². The molecule has 0 unspecified atom stereocenters. The Balaban J connectivity index is 2.11. The van der Waals surface area contributed by atoms with Gasteiger partial charge in [0.05, 0.1) is 11.5 Å². The number of nitrogens with zero attached hydrogens (tertiary/aromatic N) is 1. The Morgan fingerprint density at radius 1 is 1.33 bits per heavy atom. The molecule has 1 aromatic heterocycles. The highest BCUT2D eigenvalue weighted by Crippen LogP contribution is 2.26. The topological polar surface area (TPSA) is 106 Å². The van der Waals surface area contributed by atoms with Crippen molar-refractivity contribution in [2.75, 3.05) is 6.54 Å². The second kappa shape index (κ2) is 6.45. The van der Waals surface area contributed by atoms with Gasteiger partial charge in [-0.1, -0.05) is 0 Å². The summed E-state index contributed by atoms with van der Waals surface area (Å²) in [5.41, 5.74) is -0.00854. The molecule has 24 heavy (non-hydrogen) atoms. The monoisotopic (exact) mass is 332 g/mol. The fraction of sp³-hybridized carbons (Fsp3) is 0.353. The van der Waals surface area contributed by atoms with E-state index in [-0.39, 0.29) is 12.2 Å². The largest absolute Gasteiger partial charge is 0.466 e. The number of nitro benzene ring substituents is 1. The highest BCUT2D eigenvalue weighted by molar-refractivity contribution is 5.94. The third-order valence-corrected chi connectivity index (χ3v) is 3.87. The molecule has 0 spiro atoms. The summed E-state index contributed by atoms with van der Waals surface area (Å²) in [6.45, 7) is 6.68. The molecule has 0 saturated carbocycles. The van der Waals surface area contributed by atoms with Crippen LogP contribution in [0, 0.1) is 30.9 Å². The van der Waals surface area contributed by atoms with Crippen molar-refractivity contribution in [3.05, 3.63) is 62.6 Å². The number of carbonyl (C=O) groups excluding carboxylic acids is 1. The summed E-state index contributed by atoms with van der Waals surface area (Å²) in [6, 6.07) is 5.88. The Hall–Kier alpha value is -2.67. The van der Waals surface area contributed by atoms with E-state index in [0.29, 0.717) is 28.2 Å². The van der Waals surface area contributed by atoms with E-state index in [0.717, 1.165) is 0 Å². The number of hydrogen-bond donors (Lipinski definition) is 2. The Kier molecular flexibility index (Phi) is 4.75. The number of aryl methyl sites for hydroxylation is 3. The number of nitrogens with one attached hydrogen (secondary N) is 1. The molecule has 2 rings (SSSR count). The molecule has 0 aliphatic heterocycles. The molecule has 0 aliphatic rings. The van der Waals surface area contributed by atoms with Crippen LogP contribution in [0.15, 0.2) is 28.7 Å². The average molecular weight is 332 g/mol. The van der Waals surface area contributed by atoms with E-state index in [9.17, 15) is 20.0 Å². The van der Waals surface area contributed by atoms with Crippen LogP contribution in [0.5, 0.6) is 0 Å². The zero-order chi connectivity index (χ0) is 18.1. The maximum atomic E-state index is 12.2. The molecule has 0 aliphatic carbocycles. The molecule has 128 valence electrons. The van der Waals surface area contributed by atoms with Crippen molar-refractivity contribution in [2.24, 2.45) is 0 Å². The van der Waals surface area contributed by atoms with Gasteiger partial charge in [-0.2, -0.15) is 0 Å². The molecule has 0 saturated heterocycles. The third-order valence-electron chi connectivity index (χ3n) is 3.87. The van der Waals surface area contributed by atoms with Gasteiger partial charge in [0.15, 0.2) is 0 Å². The fourth-order valence-corrected chi connectivity index (χ4v) is 2.62. The first-order chi connectivity index (χ1) is 11.1. The van der Waals surface area contributed by atoms with E-state index in [1.807, 2.05) is 0 Å². The van der Waals surface area contributed by atoms with E-state index in [4.69, 9.17) is 4.42 Å². The Morgan fingerprint density at radius 3 is 2.50 bits per heavy atom. The van der Waals surface area contributed by atoms with Gasteiger partial charge in [-0.3, -0.25) is 14.9 Å². The molecule has 1 heterocycles. The predicted molar refractivity (Wildman–Crippen MR) is 87.9 cm³/mol. The van der Waals surface area contributed by atoms with Crippen molar-refractivity contribution < 1.29 is 19.2 Å². The summed E-state index contributed by atoms with van der Waals surface area (Å²) in [5.74, 6) is 0.865. The van der Waals surface area contributed by atoms with E-state index < -0.39 is 16.4 Å². The number of furan rings is 1. The van der Waals surface area contributed by atoms with Crippen LogP contribution in [0.4, 0.5) is 5.69 Å². The van der Waals surface area contributed by atoms with Crippen molar-refractivity contribution >= 4 is 11.6 Å². The average Bonchev–Trinajstić information content (AvgIpc) is 2.84. The zero-order valence-electron chi connectivity index (χ0n) is 14.0. The van der Waals surface area contributed by atoms with Gasteiger partial charge in [0.2, 0.25) is 0 Å². The molecule has 0 fully saturated rings. The summed E-state index contributed by atoms with van der Waals surface area (Å²) in [4.78, 5) is 22.6. The first-order valence-corrected chi connectivity index (χ1v) is 7.45. The van der Waals surface area contributed by atoms with Crippen molar-refractivity contribution in [3.8, 4) is 0 Å². The highest BCUT2D eigenvalue weighted by atomic mass is 16.6. The van der Waals surface area contributed by atoms with Crippen LogP contribution < -0.4 is 5.32 Å². The Morgan fingerprint density at radius 2 is 2.00 bits per heavy atom. The van der Waals surface area contributed by atoms with Gasteiger partial charge in [-0.05, 0) is 45.9 Å². The lowest BCUT2D eigenvalue weighted by atomic mass is 9.96.